The van der Waals surface area contributed by atoms with E-state index in [1.54, 1.807) is 4.90 Å². The van der Waals surface area contributed by atoms with Crippen molar-refractivity contribution in [2.24, 2.45) is 5.92 Å². The highest BCUT2D eigenvalue weighted by atomic mass is 19.3. The van der Waals surface area contributed by atoms with Gasteiger partial charge in [0.1, 0.15) is 0 Å². The fourth-order valence-electron chi connectivity index (χ4n) is 3.49. The van der Waals surface area contributed by atoms with Crippen molar-refractivity contribution in [3.8, 4) is 0 Å². The highest BCUT2D eigenvalue weighted by molar-refractivity contribution is 4.88. The van der Waals surface area contributed by atoms with Gasteiger partial charge in [-0.2, -0.15) is 0 Å². The van der Waals surface area contributed by atoms with Gasteiger partial charge >= 0.3 is 0 Å². The molecule has 2 aliphatic heterocycles. The summed E-state index contributed by atoms with van der Waals surface area (Å²) in [6.45, 7) is 12.4. The van der Waals surface area contributed by atoms with Crippen molar-refractivity contribution in [2.45, 2.75) is 45.1 Å². The SMILES string of the molecule is CCOCCN1CCC(C(C)(C)OCCN2CCC(F)(F)C2)C1. The monoisotopic (exact) mass is 334 g/mol. The summed E-state index contributed by atoms with van der Waals surface area (Å²) in [5.41, 5.74) is -0.206. The lowest BCUT2D eigenvalue weighted by Gasteiger charge is -2.32. The molecule has 2 heterocycles. The van der Waals surface area contributed by atoms with Crippen LogP contribution in [0.5, 0.6) is 0 Å². The Morgan fingerprint density at radius 2 is 1.87 bits per heavy atom. The average molecular weight is 334 g/mol. The van der Waals surface area contributed by atoms with E-state index >= 15 is 0 Å². The van der Waals surface area contributed by atoms with E-state index in [4.69, 9.17) is 9.47 Å². The lowest BCUT2D eigenvalue weighted by Crippen LogP contribution is -2.39. The van der Waals surface area contributed by atoms with Crippen molar-refractivity contribution < 1.29 is 18.3 Å². The molecular weight excluding hydrogens is 302 g/mol. The lowest BCUT2D eigenvalue weighted by molar-refractivity contribution is -0.0646. The number of rotatable bonds is 9. The molecule has 0 N–H and O–H groups in total. The fraction of sp³-hybridized carbons (Fsp3) is 1.00. The van der Waals surface area contributed by atoms with Crippen LogP contribution < -0.4 is 0 Å². The Balaban J connectivity index is 1.66. The topological polar surface area (TPSA) is 24.9 Å². The first-order chi connectivity index (χ1) is 10.8. The maximum Gasteiger partial charge on any atom is 0.261 e. The quantitative estimate of drug-likeness (QED) is 0.605. The standard InChI is InChI=1S/C17H32F2N2O2/c1-4-22-11-9-20-7-5-15(13-20)16(2,3)23-12-10-21-8-6-17(18,19)14-21/h15H,4-14H2,1-3H3. The maximum atomic E-state index is 13.2. The smallest absolute Gasteiger partial charge is 0.261 e. The van der Waals surface area contributed by atoms with E-state index < -0.39 is 5.92 Å². The molecule has 0 bridgehead atoms. The van der Waals surface area contributed by atoms with Gasteiger partial charge in [-0.3, -0.25) is 4.90 Å². The second kappa shape index (κ2) is 8.19. The molecule has 6 heteroatoms. The molecule has 1 unspecified atom stereocenters. The van der Waals surface area contributed by atoms with Gasteiger partial charge in [0.15, 0.2) is 0 Å². The van der Waals surface area contributed by atoms with E-state index in [0.29, 0.717) is 25.6 Å². The molecule has 0 radical (unpaired) electrons. The van der Waals surface area contributed by atoms with Crippen LogP contribution in [-0.2, 0) is 9.47 Å². The van der Waals surface area contributed by atoms with Gasteiger partial charge in [-0.25, -0.2) is 8.78 Å². The molecule has 4 nitrogen and oxygen atoms in total. The van der Waals surface area contributed by atoms with Crippen LogP contribution in [0.1, 0.15) is 33.6 Å². The zero-order valence-corrected chi connectivity index (χ0v) is 14.8. The van der Waals surface area contributed by atoms with Crippen LogP contribution in [0.3, 0.4) is 0 Å². The summed E-state index contributed by atoms with van der Waals surface area (Å²) in [6.07, 6.45) is 1.11. The molecule has 0 aromatic rings. The van der Waals surface area contributed by atoms with E-state index in [1.807, 2.05) is 6.92 Å². The van der Waals surface area contributed by atoms with E-state index in [1.165, 1.54) is 0 Å². The minimum Gasteiger partial charge on any atom is -0.380 e. The summed E-state index contributed by atoms with van der Waals surface area (Å²) in [6, 6.07) is 0. The molecule has 0 spiro atoms. The third-order valence-electron chi connectivity index (χ3n) is 5.14. The molecule has 136 valence electrons. The molecule has 23 heavy (non-hydrogen) atoms. The molecule has 0 aromatic heterocycles. The number of ether oxygens (including phenoxy) is 2. The first kappa shape index (κ1) is 19.0. The zero-order chi connectivity index (χ0) is 16.9. The van der Waals surface area contributed by atoms with Crippen molar-refractivity contribution >= 4 is 0 Å². The predicted octanol–water partition coefficient (Wildman–Crippen LogP) is 2.48. The molecular formula is C17H32F2N2O2. The number of nitrogens with zero attached hydrogens (tertiary/aromatic N) is 2. The van der Waals surface area contributed by atoms with Gasteiger partial charge in [0, 0.05) is 45.1 Å². The Morgan fingerprint density at radius 1 is 1.13 bits per heavy atom. The van der Waals surface area contributed by atoms with Gasteiger partial charge in [0.05, 0.1) is 25.4 Å². The van der Waals surface area contributed by atoms with Gasteiger partial charge in [-0.05, 0) is 33.7 Å². The largest absolute Gasteiger partial charge is 0.380 e. The summed E-state index contributed by atoms with van der Waals surface area (Å²) in [4.78, 5) is 4.23. The third-order valence-corrected chi connectivity index (χ3v) is 5.14. The van der Waals surface area contributed by atoms with Crippen LogP contribution in [-0.4, -0.2) is 80.4 Å². The second-order valence-corrected chi connectivity index (χ2v) is 7.32. The summed E-state index contributed by atoms with van der Waals surface area (Å²) in [7, 11) is 0. The Kier molecular flexibility index (Phi) is 6.77. The van der Waals surface area contributed by atoms with E-state index in [-0.39, 0.29) is 18.6 Å². The van der Waals surface area contributed by atoms with Crippen LogP contribution in [0.25, 0.3) is 0 Å². The average Bonchev–Trinajstić information content (AvgIpc) is 3.06. The van der Waals surface area contributed by atoms with Crippen molar-refractivity contribution in [1.82, 2.24) is 9.80 Å². The summed E-state index contributed by atoms with van der Waals surface area (Å²) in [5, 5.41) is 0. The van der Waals surface area contributed by atoms with Crippen molar-refractivity contribution in [3.63, 3.8) is 0 Å². The van der Waals surface area contributed by atoms with Gasteiger partial charge in [-0.15, -0.1) is 0 Å². The van der Waals surface area contributed by atoms with Crippen molar-refractivity contribution in [3.05, 3.63) is 0 Å². The Bertz CT molecular complexity index is 367. The number of likely N-dealkylation sites (tertiary alicyclic amines) is 2. The first-order valence-corrected chi connectivity index (χ1v) is 8.86. The fourth-order valence-corrected chi connectivity index (χ4v) is 3.49. The molecule has 0 aliphatic carbocycles. The molecule has 0 amide bonds. The molecule has 2 rings (SSSR count). The maximum absolute atomic E-state index is 13.2. The zero-order valence-electron chi connectivity index (χ0n) is 14.8. The van der Waals surface area contributed by atoms with Crippen LogP contribution in [0.4, 0.5) is 8.78 Å². The summed E-state index contributed by atoms with van der Waals surface area (Å²) in [5.74, 6) is -2.02. The third kappa shape index (κ3) is 5.93. The highest BCUT2D eigenvalue weighted by Gasteiger charge is 2.39. The Hall–Kier alpha value is -0.300. The van der Waals surface area contributed by atoms with Crippen molar-refractivity contribution in [2.75, 3.05) is 59.1 Å². The minimum atomic E-state index is -2.51. The molecule has 0 saturated carbocycles. The lowest BCUT2D eigenvalue weighted by atomic mass is 9.90. The van der Waals surface area contributed by atoms with Crippen LogP contribution >= 0.6 is 0 Å². The summed E-state index contributed by atoms with van der Waals surface area (Å²) >= 11 is 0. The molecule has 1 atom stereocenters. The summed E-state index contributed by atoms with van der Waals surface area (Å²) < 4.78 is 37.8. The normalized spacial score (nSPS) is 26.2. The minimum absolute atomic E-state index is 0.0200. The second-order valence-electron chi connectivity index (χ2n) is 7.32. The van der Waals surface area contributed by atoms with E-state index in [2.05, 4.69) is 18.7 Å². The Morgan fingerprint density at radius 3 is 2.52 bits per heavy atom. The van der Waals surface area contributed by atoms with Crippen LogP contribution in [0, 0.1) is 5.92 Å². The molecule has 0 aromatic carbocycles. The number of alkyl halides is 2. The highest BCUT2D eigenvalue weighted by Crippen LogP contribution is 2.31. The molecule has 2 saturated heterocycles. The number of halogens is 2. The molecule has 2 fully saturated rings. The number of hydrogen-bond acceptors (Lipinski definition) is 4. The van der Waals surface area contributed by atoms with E-state index in [9.17, 15) is 8.78 Å². The van der Waals surface area contributed by atoms with Crippen LogP contribution in [0.2, 0.25) is 0 Å². The molecule has 2 aliphatic rings. The Labute approximate surface area is 139 Å². The first-order valence-electron chi connectivity index (χ1n) is 8.86. The van der Waals surface area contributed by atoms with Gasteiger partial charge in [0.2, 0.25) is 0 Å². The van der Waals surface area contributed by atoms with E-state index in [0.717, 1.165) is 39.3 Å². The van der Waals surface area contributed by atoms with Crippen LogP contribution in [0.15, 0.2) is 0 Å². The van der Waals surface area contributed by atoms with Gasteiger partial charge < -0.3 is 14.4 Å². The van der Waals surface area contributed by atoms with Crippen molar-refractivity contribution in [1.29, 1.82) is 0 Å². The van der Waals surface area contributed by atoms with Gasteiger partial charge in [0.25, 0.3) is 5.92 Å². The predicted molar refractivity (Wildman–Crippen MR) is 87.1 cm³/mol. The van der Waals surface area contributed by atoms with Gasteiger partial charge in [-0.1, -0.05) is 0 Å². The number of hydrogen-bond donors (Lipinski definition) is 0.